The molecule has 9 nitrogen and oxygen atoms in total. The third kappa shape index (κ3) is 5.38. The van der Waals surface area contributed by atoms with E-state index in [0.29, 0.717) is 52.5 Å². The molecule has 198 valence electrons. The molecule has 0 radical (unpaired) electrons. The van der Waals surface area contributed by atoms with Crippen LogP contribution in [0.5, 0.6) is 11.5 Å². The second kappa shape index (κ2) is 11.3. The summed E-state index contributed by atoms with van der Waals surface area (Å²) < 4.78 is 10.5. The summed E-state index contributed by atoms with van der Waals surface area (Å²) in [7, 11) is 2.99. The summed E-state index contributed by atoms with van der Waals surface area (Å²) in [6.45, 7) is 3.17. The van der Waals surface area contributed by atoms with Crippen molar-refractivity contribution in [1.29, 1.82) is 0 Å². The average molecular weight is 517 g/mol. The Hall–Kier alpha value is -3.85. The quantitative estimate of drug-likeness (QED) is 0.432. The lowest BCUT2D eigenvalue weighted by Crippen LogP contribution is -2.52. The summed E-state index contributed by atoms with van der Waals surface area (Å²) in [4.78, 5) is 51.6. The molecule has 2 amide bonds. The minimum absolute atomic E-state index is 0.0600. The molecule has 0 aromatic heterocycles. The molecule has 2 aromatic rings. The zero-order valence-electron chi connectivity index (χ0n) is 21.8. The zero-order valence-corrected chi connectivity index (χ0v) is 21.8. The van der Waals surface area contributed by atoms with Gasteiger partial charge in [-0.2, -0.15) is 0 Å². The molecule has 5 rings (SSSR count). The van der Waals surface area contributed by atoms with E-state index in [-0.39, 0.29) is 11.6 Å². The monoisotopic (exact) mass is 516 g/mol. The molecule has 1 saturated heterocycles. The highest BCUT2D eigenvalue weighted by molar-refractivity contribution is 6.10. The summed E-state index contributed by atoms with van der Waals surface area (Å²) in [5, 5.41) is 0.770. The number of nitrogens with zero attached hydrogens (tertiary/aromatic N) is 4. The summed E-state index contributed by atoms with van der Waals surface area (Å²) in [5.74, 6) is -0.196. The Kier molecular flexibility index (Phi) is 7.64. The number of fused-ring (bicyclic) bond motifs is 1. The molecule has 0 bridgehead atoms. The van der Waals surface area contributed by atoms with Crippen LogP contribution >= 0.6 is 0 Å². The number of benzene rings is 2. The Morgan fingerprint density at radius 3 is 2.26 bits per heavy atom. The SMILES string of the molecule is COc1ccc(C(=O)/C=C2\N=c3ccc(C(=O)N4CCN(C5CCCCC5)CC4)cc3=NC2=O)cc1OC. The fourth-order valence-electron chi connectivity index (χ4n) is 5.39. The van der Waals surface area contributed by atoms with E-state index in [9.17, 15) is 14.4 Å². The minimum atomic E-state index is -0.628. The van der Waals surface area contributed by atoms with Crippen LogP contribution in [0.1, 0.15) is 52.8 Å². The van der Waals surface area contributed by atoms with Gasteiger partial charge >= 0.3 is 0 Å². The normalized spacial score (nSPS) is 19.4. The lowest BCUT2D eigenvalue weighted by molar-refractivity contribution is -0.114. The third-order valence-electron chi connectivity index (χ3n) is 7.53. The van der Waals surface area contributed by atoms with E-state index in [1.807, 2.05) is 4.90 Å². The molecular formula is C29H32N4O5. The molecule has 2 aliphatic heterocycles. The standard InChI is InChI=1S/C29H32N4O5/c1-37-26-11-9-19(17-27(26)38-2)25(34)18-24-28(35)31-23-16-20(8-10-22(23)30-24)29(36)33-14-12-32(13-15-33)21-6-4-3-5-7-21/h8-11,16-18,21H,3-7,12-15H2,1-2H3/b24-18-. The number of piperazine rings is 1. The summed E-state index contributed by atoms with van der Waals surface area (Å²) in [5.41, 5.74) is 0.749. The van der Waals surface area contributed by atoms with Crippen LogP contribution in [0.4, 0.5) is 0 Å². The van der Waals surface area contributed by atoms with Gasteiger partial charge in [0.05, 0.1) is 24.9 Å². The average Bonchev–Trinajstić information content (AvgIpc) is 2.97. The Balaban J connectivity index is 1.30. The van der Waals surface area contributed by atoms with E-state index in [0.717, 1.165) is 13.1 Å². The number of amides is 2. The maximum Gasteiger partial charge on any atom is 0.296 e. The minimum Gasteiger partial charge on any atom is -0.493 e. The Labute approximate surface area is 221 Å². The molecule has 0 unspecified atom stereocenters. The van der Waals surface area contributed by atoms with Gasteiger partial charge in [-0.3, -0.25) is 19.3 Å². The second-order valence-corrected chi connectivity index (χ2v) is 9.82. The number of ketones is 1. The van der Waals surface area contributed by atoms with Crippen molar-refractivity contribution in [1.82, 2.24) is 9.80 Å². The maximum atomic E-state index is 13.2. The highest BCUT2D eigenvalue weighted by atomic mass is 16.5. The Morgan fingerprint density at radius 1 is 0.842 bits per heavy atom. The van der Waals surface area contributed by atoms with Crippen LogP contribution in [-0.2, 0) is 4.79 Å². The molecule has 1 saturated carbocycles. The molecule has 3 aliphatic rings. The van der Waals surface area contributed by atoms with Gasteiger partial charge in [0.15, 0.2) is 17.3 Å². The van der Waals surface area contributed by atoms with Gasteiger partial charge in [-0.15, -0.1) is 0 Å². The first-order valence-electron chi connectivity index (χ1n) is 13.1. The van der Waals surface area contributed by atoms with Gasteiger partial charge < -0.3 is 14.4 Å². The van der Waals surface area contributed by atoms with Crippen molar-refractivity contribution in [2.24, 2.45) is 9.98 Å². The van der Waals surface area contributed by atoms with Crippen molar-refractivity contribution in [3.8, 4) is 11.5 Å². The van der Waals surface area contributed by atoms with Crippen LogP contribution in [0.25, 0.3) is 0 Å². The fourth-order valence-corrected chi connectivity index (χ4v) is 5.39. The lowest BCUT2D eigenvalue weighted by Gasteiger charge is -2.40. The van der Waals surface area contributed by atoms with Gasteiger partial charge in [-0.05, 0) is 49.2 Å². The molecule has 0 atom stereocenters. The second-order valence-electron chi connectivity index (χ2n) is 9.82. The molecular weight excluding hydrogens is 484 g/mol. The van der Waals surface area contributed by atoms with Gasteiger partial charge in [0.2, 0.25) is 0 Å². The van der Waals surface area contributed by atoms with Crippen LogP contribution in [0.15, 0.2) is 58.2 Å². The number of hydrogen-bond acceptors (Lipinski definition) is 7. The zero-order chi connectivity index (χ0) is 26.6. The first-order chi connectivity index (χ1) is 18.5. The Morgan fingerprint density at radius 2 is 1.55 bits per heavy atom. The smallest absolute Gasteiger partial charge is 0.296 e. The predicted molar refractivity (Wildman–Crippen MR) is 140 cm³/mol. The van der Waals surface area contributed by atoms with E-state index in [2.05, 4.69) is 14.9 Å². The number of ether oxygens (including phenoxy) is 2. The highest BCUT2D eigenvalue weighted by Crippen LogP contribution is 2.28. The first-order valence-corrected chi connectivity index (χ1v) is 13.1. The molecule has 9 heteroatoms. The summed E-state index contributed by atoms with van der Waals surface area (Å²) in [6, 6.07) is 10.4. The van der Waals surface area contributed by atoms with Gasteiger partial charge in [-0.25, -0.2) is 9.98 Å². The number of methoxy groups -OCH3 is 2. The largest absolute Gasteiger partial charge is 0.493 e. The number of carbonyl (C=O) groups excluding carboxylic acids is 3. The van der Waals surface area contributed by atoms with Crippen LogP contribution in [-0.4, -0.2) is 73.8 Å². The van der Waals surface area contributed by atoms with Crippen LogP contribution in [0.3, 0.4) is 0 Å². The summed E-state index contributed by atoms with van der Waals surface area (Å²) >= 11 is 0. The van der Waals surface area contributed by atoms with Crippen molar-refractivity contribution in [3.05, 3.63) is 70.0 Å². The van der Waals surface area contributed by atoms with Crippen molar-refractivity contribution in [2.45, 2.75) is 38.1 Å². The Bertz CT molecular complexity index is 1400. The maximum absolute atomic E-state index is 13.2. The van der Waals surface area contributed by atoms with Gasteiger partial charge in [0.25, 0.3) is 11.8 Å². The highest BCUT2D eigenvalue weighted by Gasteiger charge is 2.27. The number of carbonyl (C=O) groups is 3. The molecule has 2 fully saturated rings. The topological polar surface area (TPSA) is 101 Å². The molecule has 0 spiro atoms. The van der Waals surface area contributed by atoms with Crippen molar-refractivity contribution < 1.29 is 23.9 Å². The van der Waals surface area contributed by atoms with Crippen LogP contribution < -0.4 is 20.2 Å². The fraction of sp³-hybridized carbons (Fsp3) is 0.414. The molecule has 0 N–H and O–H groups in total. The molecule has 1 aliphatic carbocycles. The number of allylic oxidation sites excluding steroid dienone is 1. The predicted octanol–water partition coefficient (Wildman–Crippen LogP) is 2.34. The van der Waals surface area contributed by atoms with Crippen molar-refractivity contribution in [3.63, 3.8) is 0 Å². The molecule has 2 aromatic carbocycles. The van der Waals surface area contributed by atoms with E-state index in [1.54, 1.807) is 36.4 Å². The van der Waals surface area contributed by atoms with E-state index in [1.165, 1.54) is 52.4 Å². The molecule has 2 heterocycles. The van der Waals surface area contributed by atoms with Crippen molar-refractivity contribution >= 4 is 17.6 Å². The third-order valence-corrected chi connectivity index (χ3v) is 7.53. The van der Waals surface area contributed by atoms with E-state index < -0.39 is 11.7 Å². The summed E-state index contributed by atoms with van der Waals surface area (Å²) in [6.07, 6.45) is 7.61. The molecule has 38 heavy (non-hydrogen) atoms. The van der Waals surface area contributed by atoms with E-state index >= 15 is 0 Å². The van der Waals surface area contributed by atoms with Crippen LogP contribution in [0.2, 0.25) is 0 Å². The van der Waals surface area contributed by atoms with Gasteiger partial charge in [0.1, 0.15) is 5.70 Å². The van der Waals surface area contributed by atoms with E-state index in [4.69, 9.17) is 9.47 Å². The first kappa shape index (κ1) is 25.8. The van der Waals surface area contributed by atoms with Crippen molar-refractivity contribution in [2.75, 3.05) is 40.4 Å². The number of rotatable bonds is 6. The van der Waals surface area contributed by atoms with Gasteiger partial charge in [-0.1, -0.05) is 19.3 Å². The van der Waals surface area contributed by atoms with Crippen LogP contribution in [0, 0.1) is 0 Å². The number of hydrogen-bond donors (Lipinski definition) is 0. The lowest BCUT2D eigenvalue weighted by atomic mass is 9.94. The van der Waals surface area contributed by atoms with Gasteiger partial charge in [0, 0.05) is 49.4 Å².